The lowest BCUT2D eigenvalue weighted by atomic mass is 10.2. The van der Waals surface area contributed by atoms with Crippen LogP contribution in [-0.4, -0.2) is 12.2 Å². The Bertz CT molecular complexity index is 394. The smallest absolute Gasteiger partial charge is 0.141 e. The first-order chi connectivity index (χ1) is 7.70. The van der Waals surface area contributed by atoms with Crippen molar-refractivity contribution >= 4 is 0 Å². The molecule has 1 fully saturated rings. The molecule has 1 saturated carbocycles. The lowest BCUT2D eigenvalue weighted by Crippen LogP contribution is -2.08. The van der Waals surface area contributed by atoms with Gasteiger partial charge in [-0.2, -0.15) is 5.26 Å². The molecule has 16 heavy (non-hydrogen) atoms. The number of ether oxygens (including phenoxy) is 2. The number of hydrogen-bond acceptors (Lipinski definition) is 3. The fourth-order valence-electron chi connectivity index (χ4n) is 1.44. The van der Waals surface area contributed by atoms with E-state index in [1.807, 2.05) is 26.0 Å². The van der Waals surface area contributed by atoms with Gasteiger partial charge in [0.2, 0.25) is 0 Å². The summed E-state index contributed by atoms with van der Waals surface area (Å²) in [6.45, 7) is 3.88. The quantitative estimate of drug-likeness (QED) is 0.778. The van der Waals surface area contributed by atoms with E-state index in [1.54, 1.807) is 6.07 Å². The SMILES string of the molecule is CC(C)Oc1cccc(OC2CC2)c1C#N. The van der Waals surface area contributed by atoms with Crippen molar-refractivity contribution in [1.29, 1.82) is 5.26 Å². The minimum atomic E-state index is 0.0586. The van der Waals surface area contributed by atoms with Crippen molar-refractivity contribution in [3.05, 3.63) is 23.8 Å². The van der Waals surface area contributed by atoms with Crippen LogP contribution >= 0.6 is 0 Å². The molecule has 0 radical (unpaired) electrons. The van der Waals surface area contributed by atoms with Gasteiger partial charge < -0.3 is 9.47 Å². The second-order valence-corrected chi connectivity index (χ2v) is 4.22. The van der Waals surface area contributed by atoms with Crippen LogP contribution in [0.5, 0.6) is 11.5 Å². The first-order valence-corrected chi connectivity index (χ1v) is 5.57. The lowest BCUT2D eigenvalue weighted by Gasteiger charge is -2.13. The van der Waals surface area contributed by atoms with E-state index in [2.05, 4.69) is 6.07 Å². The highest BCUT2D eigenvalue weighted by Crippen LogP contribution is 2.33. The van der Waals surface area contributed by atoms with E-state index < -0.39 is 0 Å². The number of nitriles is 1. The lowest BCUT2D eigenvalue weighted by molar-refractivity contribution is 0.238. The predicted octanol–water partition coefficient (Wildman–Crippen LogP) is 2.89. The normalized spacial score (nSPS) is 14.6. The summed E-state index contributed by atoms with van der Waals surface area (Å²) in [6, 6.07) is 7.64. The third-order valence-electron chi connectivity index (χ3n) is 2.28. The van der Waals surface area contributed by atoms with Crippen LogP contribution in [0, 0.1) is 11.3 Å². The van der Waals surface area contributed by atoms with Crippen LogP contribution in [0.1, 0.15) is 32.3 Å². The molecule has 0 amide bonds. The topological polar surface area (TPSA) is 42.2 Å². The summed E-state index contributed by atoms with van der Waals surface area (Å²) in [7, 11) is 0. The van der Waals surface area contributed by atoms with Gasteiger partial charge in [0.1, 0.15) is 23.1 Å². The van der Waals surface area contributed by atoms with E-state index in [4.69, 9.17) is 14.7 Å². The Kier molecular flexibility index (Phi) is 3.00. The van der Waals surface area contributed by atoms with Gasteiger partial charge >= 0.3 is 0 Å². The zero-order valence-electron chi connectivity index (χ0n) is 9.56. The number of benzene rings is 1. The second-order valence-electron chi connectivity index (χ2n) is 4.22. The maximum absolute atomic E-state index is 9.14. The Morgan fingerprint density at radius 1 is 1.31 bits per heavy atom. The Morgan fingerprint density at radius 2 is 2.00 bits per heavy atom. The molecule has 0 unspecified atom stereocenters. The van der Waals surface area contributed by atoms with Crippen molar-refractivity contribution < 1.29 is 9.47 Å². The molecule has 0 aliphatic heterocycles. The summed E-state index contributed by atoms with van der Waals surface area (Å²) in [5.41, 5.74) is 0.503. The Labute approximate surface area is 95.6 Å². The van der Waals surface area contributed by atoms with Crippen molar-refractivity contribution in [2.45, 2.75) is 38.9 Å². The average molecular weight is 217 g/mol. The summed E-state index contributed by atoms with van der Waals surface area (Å²) in [6.07, 6.45) is 2.52. The fourth-order valence-corrected chi connectivity index (χ4v) is 1.44. The minimum Gasteiger partial charge on any atom is -0.489 e. The molecule has 0 bridgehead atoms. The number of hydrogen-bond donors (Lipinski definition) is 0. The van der Waals surface area contributed by atoms with Crippen molar-refractivity contribution in [2.75, 3.05) is 0 Å². The maximum atomic E-state index is 9.14. The van der Waals surface area contributed by atoms with E-state index in [-0.39, 0.29) is 6.10 Å². The van der Waals surface area contributed by atoms with E-state index >= 15 is 0 Å². The van der Waals surface area contributed by atoms with E-state index in [9.17, 15) is 0 Å². The zero-order chi connectivity index (χ0) is 11.5. The van der Waals surface area contributed by atoms with Crippen LogP contribution in [0.25, 0.3) is 0 Å². The molecule has 1 aliphatic rings. The van der Waals surface area contributed by atoms with Gasteiger partial charge in [-0.05, 0) is 38.8 Å². The van der Waals surface area contributed by atoms with Crippen LogP contribution in [-0.2, 0) is 0 Å². The molecule has 84 valence electrons. The molecule has 0 spiro atoms. The fraction of sp³-hybridized carbons (Fsp3) is 0.462. The van der Waals surface area contributed by atoms with E-state index in [0.717, 1.165) is 12.8 Å². The van der Waals surface area contributed by atoms with Crippen LogP contribution in [0.4, 0.5) is 0 Å². The second kappa shape index (κ2) is 4.44. The molecule has 0 heterocycles. The highest BCUT2D eigenvalue weighted by Gasteiger charge is 2.25. The number of nitrogens with zero attached hydrogens (tertiary/aromatic N) is 1. The molecule has 2 rings (SSSR count). The molecule has 1 aromatic carbocycles. The molecular weight excluding hydrogens is 202 g/mol. The summed E-state index contributed by atoms with van der Waals surface area (Å²) in [5, 5.41) is 9.14. The van der Waals surface area contributed by atoms with Gasteiger partial charge in [-0.1, -0.05) is 6.07 Å². The van der Waals surface area contributed by atoms with Crippen molar-refractivity contribution in [3.63, 3.8) is 0 Å². The van der Waals surface area contributed by atoms with Gasteiger partial charge in [-0.25, -0.2) is 0 Å². The van der Waals surface area contributed by atoms with Crippen molar-refractivity contribution in [1.82, 2.24) is 0 Å². The minimum absolute atomic E-state index is 0.0586. The zero-order valence-corrected chi connectivity index (χ0v) is 9.56. The third kappa shape index (κ3) is 2.46. The van der Waals surface area contributed by atoms with Crippen LogP contribution in [0.2, 0.25) is 0 Å². The maximum Gasteiger partial charge on any atom is 0.141 e. The van der Waals surface area contributed by atoms with Gasteiger partial charge in [-0.3, -0.25) is 0 Å². The van der Waals surface area contributed by atoms with Gasteiger partial charge in [0.15, 0.2) is 0 Å². The van der Waals surface area contributed by atoms with Crippen molar-refractivity contribution in [3.8, 4) is 17.6 Å². The van der Waals surface area contributed by atoms with E-state index in [0.29, 0.717) is 23.2 Å². The van der Waals surface area contributed by atoms with Crippen LogP contribution in [0.3, 0.4) is 0 Å². The van der Waals surface area contributed by atoms with Crippen LogP contribution in [0.15, 0.2) is 18.2 Å². The van der Waals surface area contributed by atoms with Gasteiger partial charge in [-0.15, -0.1) is 0 Å². The molecule has 3 heteroatoms. The monoisotopic (exact) mass is 217 g/mol. The molecule has 0 aromatic heterocycles. The highest BCUT2D eigenvalue weighted by molar-refractivity contribution is 5.53. The van der Waals surface area contributed by atoms with E-state index in [1.165, 1.54) is 0 Å². The third-order valence-corrected chi connectivity index (χ3v) is 2.28. The summed E-state index contributed by atoms with van der Waals surface area (Å²) >= 11 is 0. The first-order valence-electron chi connectivity index (χ1n) is 5.57. The molecular formula is C13H15NO2. The van der Waals surface area contributed by atoms with Gasteiger partial charge in [0.05, 0.1) is 12.2 Å². The first kappa shape index (κ1) is 10.8. The summed E-state index contributed by atoms with van der Waals surface area (Å²) in [5.74, 6) is 1.25. The highest BCUT2D eigenvalue weighted by atomic mass is 16.5. The van der Waals surface area contributed by atoms with Gasteiger partial charge in [0.25, 0.3) is 0 Å². The molecule has 3 nitrogen and oxygen atoms in total. The summed E-state index contributed by atoms with van der Waals surface area (Å²) in [4.78, 5) is 0. The molecule has 1 aliphatic carbocycles. The Balaban J connectivity index is 2.26. The van der Waals surface area contributed by atoms with Crippen molar-refractivity contribution in [2.24, 2.45) is 0 Å². The molecule has 0 N–H and O–H groups in total. The van der Waals surface area contributed by atoms with Crippen LogP contribution < -0.4 is 9.47 Å². The Hall–Kier alpha value is -1.69. The van der Waals surface area contributed by atoms with Gasteiger partial charge in [0, 0.05) is 0 Å². The summed E-state index contributed by atoms with van der Waals surface area (Å²) < 4.78 is 11.2. The molecule has 0 saturated heterocycles. The predicted molar refractivity (Wildman–Crippen MR) is 60.6 cm³/mol. The molecule has 0 atom stereocenters. The Morgan fingerprint density at radius 3 is 2.56 bits per heavy atom. The molecule has 1 aromatic rings. The standard InChI is InChI=1S/C13H15NO2/c1-9(2)15-12-4-3-5-13(11(12)8-14)16-10-6-7-10/h3-5,9-10H,6-7H2,1-2H3. The average Bonchev–Trinajstić information content (AvgIpc) is 3.01. The largest absolute Gasteiger partial charge is 0.489 e. The number of rotatable bonds is 4.